The van der Waals surface area contributed by atoms with Crippen LogP contribution in [0.1, 0.15) is 17.7 Å². The summed E-state index contributed by atoms with van der Waals surface area (Å²) in [6, 6.07) is 12.9. The first kappa shape index (κ1) is 20.4. The Hall–Kier alpha value is -3.49. The molecule has 1 unspecified atom stereocenters. The van der Waals surface area contributed by atoms with Crippen molar-refractivity contribution < 1.29 is 24.3 Å². The third-order valence-corrected chi connectivity index (χ3v) is 6.20. The maximum absolute atomic E-state index is 12.6. The highest BCUT2D eigenvalue weighted by atomic mass is 35.5. The second-order valence-corrected chi connectivity index (χ2v) is 8.06. The first-order valence-electron chi connectivity index (χ1n) is 10.1. The van der Waals surface area contributed by atoms with E-state index in [0.717, 1.165) is 29.8 Å². The van der Waals surface area contributed by atoms with Crippen LogP contribution >= 0.6 is 11.6 Å². The van der Waals surface area contributed by atoms with E-state index in [4.69, 9.17) is 20.9 Å². The molecule has 0 bridgehead atoms. The minimum Gasteiger partial charge on any atom is -0.504 e. The van der Waals surface area contributed by atoms with Gasteiger partial charge in [0, 0.05) is 23.4 Å². The number of carbonyl (C=O) groups excluding carboxylic acids is 1. The molecule has 8 nitrogen and oxygen atoms in total. The Kier molecular flexibility index (Phi) is 5.03. The Labute approximate surface area is 188 Å². The van der Waals surface area contributed by atoms with Gasteiger partial charge < -0.3 is 29.7 Å². The molecule has 9 heteroatoms. The second-order valence-electron chi connectivity index (χ2n) is 7.65. The van der Waals surface area contributed by atoms with E-state index in [0.29, 0.717) is 16.3 Å². The molecular weight excluding hydrogens is 434 g/mol. The van der Waals surface area contributed by atoms with Gasteiger partial charge in [-0.15, -0.1) is 0 Å². The molecule has 3 aromatic rings. The summed E-state index contributed by atoms with van der Waals surface area (Å²) in [5.41, 5.74) is 3.69. The van der Waals surface area contributed by atoms with Gasteiger partial charge in [0.25, 0.3) is 11.8 Å². The van der Waals surface area contributed by atoms with Gasteiger partial charge in [0.15, 0.2) is 5.76 Å². The van der Waals surface area contributed by atoms with Crippen LogP contribution < -0.4 is 15.0 Å². The van der Waals surface area contributed by atoms with Crippen molar-refractivity contribution in [2.75, 3.05) is 30.5 Å². The van der Waals surface area contributed by atoms with E-state index in [9.17, 15) is 15.0 Å². The molecule has 1 saturated heterocycles. The zero-order chi connectivity index (χ0) is 22.4. The van der Waals surface area contributed by atoms with Gasteiger partial charge in [0.2, 0.25) is 5.76 Å². The summed E-state index contributed by atoms with van der Waals surface area (Å²) < 4.78 is 10.1. The fourth-order valence-corrected chi connectivity index (χ4v) is 4.31. The topological polar surface area (TPSA) is 108 Å². The van der Waals surface area contributed by atoms with E-state index < -0.39 is 5.91 Å². The van der Waals surface area contributed by atoms with Crippen LogP contribution in [0.15, 0.2) is 47.0 Å². The van der Waals surface area contributed by atoms with Crippen molar-refractivity contribution in [1.82, 2.24) is 5.16 Å². The number of rotatable bonds is 5. The third-order valence-electron chi connectivity index (χ3n) is 5.88. The summed E-state index contributed by atoms with van der Waals surface area (Å²) >= 11 is 6.52. The highest BCUT2D eigenvalue weighted by molar-refractivity contribution is 6.38. The largest absolute Gasteiger partial charge is 0.504 e. The normalized spacial score (nSPS) is 18.8. The monoisotopic (exact) mass is 453 g/mol. The first-order valence-corrected chi connectivity index (χ1v) is 10.5. The van der Waals surface area contributed by atoms with Gasteiger partial charge in [-0.3, -0.25) is 4.79 Å². The number of benzene rings is 2. The van der Waals surface area contributed by atoms with Crippen molar-refractivity contribution >= 4 is 40.2 Å². The molecule has 0 saturated carbocycles. The molecule has 3 N–H and O–H groups in total. The van der Waals surface area contributed by atoms with Gasteiger partial charge in [-0.1, -0.05) is 23.7 Å². The quantitative estimate of drug-likeness (QED) is 0.396. The molecule has 1 aromatic heterocycles. The number of nitrogens with zero attached hydrogens (tertiary/aromatic N) is 2. The fourth-order valence-electron chi connectivity index (χ4n) is 4.04. The zero-order valence-electron chi connectivity index (χ0n) is 17.1. The van der Waals surface area contributed by atoms with Crippen LogP contribution in [-0.2, 0) is 4.79 Å². The predicted molar refractivity (Wildman–Crippen MR) is 121 cm³/mol. The van der Waals surface area contributed by atoms with Gasteiger partial charge in [0.05, 0.1) is 42.1 Å². The molecule has 164 valence electrons. The maximum Gasteiger partial charge on any atom is 0.260 e. The van der Waals surface area contributed by atoms with E-state index in [1.54, 1.807) is 12.1 Å². The molecule has 0 radical (unpaired) electrons. The number of fused-ring (bicyclic) bond motifs is 1. The Morgan fingerprint density at radius 1 is 1.28 bits per heavy atom. The minimum atomic E-state index is -0.468. The number of hydrogen-bond acceptors (Lipinski definition) is 7. The van der Waals surface area contributed by atoms with Crippen molar-refractivity contribution in [3.05, 3.63) is 58.8 Å². The molecule has 1 atom stereocenters. The van der Waals surface area contributed by atoms with E-state index in [1.165, 1.54) is 13.2 Å². The molecule has 1 fully saturated rings. The van der Waals surface area contributed by atoms with Gasteiger partial charge >= 0.3 is 0 Å². The molecule has 2 aliphatic heterocycles. The molecular formula is C23H20ClN3O5. The number of amides is 1. The van der Waals surface area contributed by atoms with E-state index in [1.807, 2.05) is 24.3 Å². The lowest BCUT2D eigenvalue weighted by Crippen LogP contribution is -2.49. The minimum absolute atomic E-state index is 0.0219. The van der Waals surface area contributed by atoms with Gasteiger partial charge in [-0.25, -0.2) is 0 Å². The average Bonchev–Trinajstić information content (AvgIpc) is 3.36. The first-order chi connectivity index (χ1) is 15.5. The number of anilines is 2. The SMILES string of the molecule is COc1cc(C(O)=C2C(=O)Nc3cc(Cl)c(-c4ccc(N5CCC5CO)cc4)cc32)on1. The van der Waals surface area contributed by atoms with Crippen molar-refractivity contribution in [3.8, 4) is 17.0 Å². The highest BCUT2D eigenvalue weighted by Gasteiger charge is 2.31. The van der Waals surface area contributed by atoms with Crippen molar-refractivity contribution in [2.24, 2.45) is 0 Å². The number of hydrogen-bond donors (Lipinski definition) is 3. The standard InChI is InChI=1S/C23H20ClN3O5/c1-31-20-10-19(32-26-20)22(29)21-16-8-15(17(24)9-18(16)25-23(21)30)12-2-4-13(5-3-12)27-7-6-14(27)11-28/h2-5,8-10,14,28-29H,6-7,11H2,1H3,(H,25,30). The number of aliphatic hydroxyl groups excluding tert-OH is 2. The molecule has 5 rings (SSSR count). The summed E-state index contributed by atoms with van der Waals surface area (Å²) in [7, 11) is 1.43. The number of nitrogens with one attached hydrogen (secondary N) is 1. The number of halogens is 1. The summed E-state index contributed by atoms with van der Waals surface area (Å²) in [6.45, 7) is 1.05. The van der Waals surface area contributed by atoms with E-state index >= 15 is 0 Å². The van der Waals surface area contributed by atoms with Crippen molar-refractivity contribution in [2.45, 2.75) is 12.5 Å². The molecule has 2 aliphatic rings. The maximum atomic E-state index is 12.6. The van der Waals surface area contributed by atoms with E-state index in [-0.39, 0.29) is 35.6 Å². The zero-order valence-corrected chi connectivity index (χ0v) is 17.9. The van der Waals surface area contributed by atoms with Crippen LogP contribution in [0.4, 0.5) is 11.4 Å². The molecule has 2 aromatic carbocycles. The third kappa shape index (κ3) is 3.28. The smallest absolute Gasteiger partial charge is 0.260 e. The molecule has 3 heterocycles. The van der Waals surface area contributed by atoms with Crippen LogP contribution in [0.25, 0.3) is 22.5 Å². The van der Waals surface area contributed by atoms with Gasteiger partial charge in [-0.05, 0) is 41.4 Å². The fraction of sp³-hybridized carbons (Fsp3) is 0.217. The Bertz CT molecular complexity index is 1230. The average molecular weight is 454 g/mol. The Balaban J connectivity index is 1.53. The summed E-state index contributed by atoms with van der Waals surface area (Å²) in [4.78, 5) is 14.8. The van der Waals surface area contributed by atoms with Gasteiger partial charge in [-0.2, -0.15) is 0 Å². The number of methoxy groups -OCH3 is 1. The number of aliphatic hydroxyl groups is 2. The molecule has 0 aliphatic carbocycles. The number of carbonyl (C=O) groups is 1. The van der Waals surface area contributed by atoms with Gasteiger partial charge in [0.1, 0.15) is 0 Å². The van der Waals surface area contributed by atoms with Crippen LogP contribution in [0, 0.1) is 0 Å². The van der Waals surface area contributed by atoms with Crippen LogP contribution in [0.2, 0.25) is 5.02 Å². The number of aromatic nitrogens is 1. The van der Waals surface area contributed by atoms with Crippen molar-refractivity contribution in [3.63, 3.8) is 0 Å². The molecule has 1 amide bonds. The van der Waals surface area contributed by atoms with E-state index in [2.05, 4.69) is 15.4 Å². The summed E-state index contributed by atoms with van der Waals surface area (Å²) in [5.74, 6) is -0.597. The molecule has 0 spiro atoms. The Morgan fingerprint density at radius 2 is 2.06 bits per heavy atom. The van der Waals surface area contributed by atoms with Crippen LogP contribution in [0.3, 0.4) is 0 Å². The lowest BCUT2D eigenvalue weighted by Gasteiger charge is -2.42. The second kappa shape index (κ2) is 7.89. The summed E-state index contributed by atoms with van der Waals surface area (Å²) in [5, 5.41) is 27.0. The lowest BCUT2D eigenvalue weighted by molar-refractivity contribution is -0.110. The summed E-state index contributed by atoms with van der Waals surface area (Å²) in [6.07, 6.45) is 0.978. The molecule has 32 heavy (non-hydrogen) atoms. The predicted octanol–water partition coefficient (Wildman–Crippen LogP) is 3.95. The van der Waals surface area contributed by atoms with Crippen LogP contribution in [-0.4, -0.2) is 47.6 Å². The highest BCUT2D eigenvalue weighted by Crippen LogP contribution is 2.42. The Morgan fingerprint density at radius 3 is 2.69 bits per heavy atom. The van der Waals surface area contributed by atoms with Crippen LogP contribution in [0.5, 0.6) is 5.88 Å². The number of ether oxygens (including phenoxy) is 1. The van der Waals surface area contributed by atoms with Crippen molar-refractivity contribution in [1.29, 1.82) is 0 Å². The lowest BCUT2D eigenvalue weighted by atomic mass is 9.97.